The highest BCUT2D eigenvalue weighted by molar-refractivity contribution is 7.85. The summed E-state index contributed by atoms with van der Waals surface area (Å²) >= 11 is 0. The van der Waals surface area contributed by atoms with Crippen LogP contribution in [0, 0.1) is 0 Å². The molecule has 0 aromatic rings. The summed E-state index contributed by atoms with van der Waals surface area (Å²) in [5.41, 5.74) is 0. The molecule has 4 N–H and O–H groups in total. The molecular formula is C45H82O12S. The number of allylic oxidation sites excluding steroid dienone is 4. The van der Waals surface area contributed by atoms with Gasteiger partial charge in [-0.15, -0.1) is 0 Å². The molecule has 1 saturated heterocycles. The predicted octanol–water partition coefficient (Wildman–Crippen LogP) is 9.23. The molecule has 1 fully saturated rings. The Labute approximate surface area is 351 Å². The number of carbonyl (C=O) groups excluding carboxylic acids is 2. The van der Waals surface area contributed by atoms with Crippen molar-refractivity contribution in [2.75, 3.05) is 19.0 Å². The van der Waals surface area contributed by atoms with Crippen LogP contribution in [0.1, 0.15) is 194 Å². The summed E-state index contributed by atoms with van der Waals surface area (Å²) in [4.78, 5) is 25.4. The molecule has 1 rings (SSSR count). The third-order valence-electron chi connectivity index (χ3n) is 10.5. The maximum Gasteiger partial charge on any atom is 0.306 e. The van der Waals surface area contributed by atoms with E-state index in [2.05, 4.69) is 38.2 Å². The number of hydrogen-bond acceptors (Lipinski definition) is 11. The lowest BCUT2D eigenvalue weighted by atomic mass is 10.00. The van der Waals surface area contributed by atoms with Crippen molar-refractivity contribution in [3.63, 3.8) is 0 Å². The molecule has 0 aliphatic carbocycles. The van der Waals surface area contributed by atoms with Crippen molar-refractivity contribution in [1.82, 2.24) is 0 Å². The second-order valence-corrected chi connectivity index (χ2v) is 17.6. The van der Waals surface area contributed by atoms with Crippen LogP contribution in [0.3, 0.4) is 0 Å². The predicted molar refractivity (Wildman–Crippen MR) is 229 cm³/mol. The van der Waals surface area contributed by atoms with Gasteiger partial charge in [-0.3, -0.25) is 14.1 Å². The van der Waals surface area contributed by atoms with Crippen LogP contribution in [0.2, 0.25) is 0 Å². The molecule has 0 aromatic carbocycles. The SMILES string of the molecule is CCCCCCCC/C=C/CCCCCCCCCC(=O)OC[C@H](CO[C@H]1O[C@H](CS(=O)(=O)O)[C@@H](O)C(O)C1O)OC(=O)CCCCC/C=C/CCCCCCCC. The molecule has 0 radical (unpaired) electrons. The van der Waals surface area contributed by atoms with Gasteiger partial charge in [0.25, 0.3) is 10.1 Å². The van der Waals surface area contributed by atoms with E-state index in [0.29, 0.717) is 12.8 Å². The minimum Gasteiger partial charge on any atom is -0.462 e. The lowest BCUT2D eigenvalue weighted by molar-refractivity contribution is -0.297. The Bertz CT molecular complexity index is 1180. The Hall–Kier alpha value is -1.87. The van der Waals surface area contributed by atoms with Crippen LogP contribution in [0.5, 0.6) is 0 Å². The zero-order valence-corrected chi connectivity index (χ0v) is 37.0. The van der Waals surface area contributed by atoms with Gasteiger partial charge in [-0.1, -0.05) is 141 Å². The van der Waals surface area contributed by atoms with E-state index in [1.54, 1.807) is 0 Å². The fourth-order valence-electron chi connectivity index (χ4n) is 6.90. The number of rotatable bonds is 38. The van der Waals surface area contributed by atoms with Gasteiger partial charge < -0.3 is 34.3 Å². The van der Waals surface area contributed by atoms with Gasteiger partial charge in [-0.05, 0) is 64.2 Å². The average molecular weight is 847 g/mol. The van der Waals surface area contributed by atoms with Gasteiger partial charge in [-0.2, -0.15) is 8.42 Å². The van der Waals surface area contributed by atoms with E-state index in [1.807, 2.05) is 0 Å². The smallest absolute Gasteiger partial charge is 0.306 e. The first kappa shape index (κ1) is 54.1. The molecule has 340 valence electrons. The van der Waals surface area contributed by atoms with Crippen LogP contribution in [0.4, 0.5) is 0 Å². The maximum absolute atomic E-state index is 12.8. The second kappa shape index (κ2) is 35.8. The number of aliphatic hydroxyl groups is 3. The van der Waals surface area contributed by atoms with E-state index in [1.165, 1.54) is 103 Å². The van der Waals surface area contributed by atoms with Crippen molar-refractivity contribution in [2.45, 2.75) is 230 Å². The fourth-order valence-corrected chi connectivity index (χ4v) is 7.59. The summed E-state index contributed by atoms with van der Waals surface area (Å²) in [5.74, 6) is -2.00. The summed E-state index contributed by atoms with van der Waals surface area (Å²) in [6, 6.07) is 0. The Balaban J connectivity index is 2.44. The molecule has 0 spiro atoms. The van der Waals surface area contributed by atoms with E-state index < -0.39 is 71.2 Å². The first-order valence-corrected chi connectivity index (χ1v) is 24.5. The van der Waals surface area contributed by atoms with Gasteiger partial charge in [0.1, 0.15) is 36.8 Å². The lowest BCUT2D eigenvalue weighted by Crippen LogP contribution is -2.60. The summed E-state index contributed by atoms with van der Waals surface area (Å²) in [5, 5.41) is 30.9. The number of hydrogen-bond donors (Lipinski definition) is 4. The molecule has 2 unspecified atom stereocenters. The molecule has 6 atom stereocenters. The monoisotopic (exact) mass is 847 g/mol. The third-order valence-corrected chi connectivity index (χ3v) is 11.3. The number of aliphatic hydroxyl groups excluding tert-OH is 3. The van der Waals surface area contributed by atoms with Crippen LogP contribution in [0.25, 0.3) is 0 Å². The summed E-state index contributed by atoms with van der Waals surface area (Å²) < 4.78 is 54.0. The second-order valence-electron chi connectivity index (χ2n) is 16.1. The number of esters is 2. The summed E-state index contributed by atoms with van der Waals surface area (Å²) in [6.07, 6.45) is 29.4. The minimum absolute atomic E-state index is 0.145. The van der Waals surface area contributed by atoms with Crippen molar-refractivity contribution in [3.05, 3.63) is 24.3 Å². The van der Waals surface area contributed by atoms with Gasteiger partial charge in [0.15, 0.2) is 12.4 Å². The van der Waals surface area contributed by atoms with Crippen molar-refractivity contribution < 1.29 is 56.8 Å². The normalized spacial score (nSPS) is 20.6. The van der Waals surface area contributed by atoms with Crippen LogP contribution in [0.15, 0.2) is 24.3 Å². The first-order valence-electron chi connectivity index (χ1n) is 22.9. The standard InChI is InChI=1S/C45H82O12S/c1-3-5-7-9-11-13-15-17-18-19-20-22-23-25-27-29-31-33-40(46)54-35-38(36-55-45-44(50)43(49)42(48)39(57-45)37-58(51,52)53)56-41(47)34-32-30-28-26-24-21-16-14-12-10-8-6-4-2/h17-18,21,24,38-39,42-45,48-50H,3-16,19-20,22-23,25-37H2,1-2H3,(H,51,52,53)/b18-17+,24-21+/t38-,39-,42-,43?,44?,45+/m1/s1. The molecule has 12 nitrogen and oxygen atoms in total. The quantitative estimate of drug-likeness (QED) is 0.0200. The Morgan fingerprint density at radius 1 is 0.569 bits per heavy atom. The van der Waals surface area contributed by atoms with E-state index >= 15 is 0 Å². The van der Waals surface area contributed by atoms with Crippen molar-refractivity contribution in [3.8, 4) is 0 Å². The number of ether oxygens (including phenoxy) is 4. The topological polar surface area (TPSA) is 186 Å². The van der Waals surface area contributed by atoms with Crippen LogP contribution in [-0.4, -0.2) is 96.0 Å². The van der Waals surface area contributed by atoms with Gasteiger partial charge in [0.2, 0.25) is 0 Å². The average Bonchev–Trinajstić information content (AvgIpc) is 3.18. The van der Waals surface area contributed by atoms with Crippen molar-refractivity contribution in [2.24, 2.45) is 0 Å². The molecule has 0 saturated carbocycles. The molecule has 1 heterocycles. The van der Waals surface area contributed by atoms with E-state index in [4.69, 9.17) is 18.9 Å². The van der Waals surface area contributed by atoms with Crippen molar-refractivity contribution in [1.29, 1.82) is 0 Å². The Morgan fingerprint density at radius 2 is 0.983 bits per heavy atom. The zero-order chi connectivity index (χ0) is 42.7. The van der Waals surface area contributed by atoms with Gasteiger partial charge in [0, 0.05) is 12.8 Å². The first-order chi connectivity index (χ1) is 28.0. The summed E-state index contributed by atoms with van der Waals surface area (Å²) in [7, 11) is -4.60. The minimum atomic E-state index is -4.60. The van der Waals surface area contributed by atoms with Gasteiger partial charge in [-0.25, -0.2) is 0 Å². The Kier molecular flexibility index (Phi) is 33.5. The van der Waals surface area contributed by atoms with Crippen LogP contribution in [-0.2, 0) is 38.7 Å². The number of carbonyl (C=O) groups is 2. The molecule has 13 heteroatoms. The molecule has 1 aliphatic heterocycles. The highest BCUT2D eigenvalue weighted by Gasteiger charge is 2.46. The molecule has 58 heavy (non-hydrogen) atoms. The Morgan fingerprint density at radius 3 is 1.45 bits per heavy atom. The third kappa shape index (κ3) is 30.2. The van der Waals surface area contributed by atoms with E-state index in [9.17, 15) is 37.9 Å². The van der Waals surface area contributed by atoms with Crippen LogP contribution >= 0.6 is 0 Å². The largest absolute Gasteiger partial charge is 0.462 e. The van der Waals surface area contributed by atoms with Gasteiger partial charge in [0.05, 0.1) is 6.61 Å². The summed E-state index contributed by atoms with van der Waals surface area (Å²) in [6.45, 7) is 3.73. The van der Waals surface area contributed by atoms with E-state index in [0.717, 1.165) is 51.4 Å². The molecule has 0 bridgehead atoms. The number of unbranched alkanes of at least 4 members (excludes halogenated alkanes) is 22. The molecule has 0 aromatic heterocycles. The molecular weight excluding hydrogens is 765 g/mol. The van der Waals surface area contributed by atoms with Crippen molar-refractivity contribution >= 4 is 22.1 Å². The lowest BCUT2D eigenvalue weighted by Gasteiger charge is -2.40. The highest BCUT2D eigenvalue weighted by atomic mass is 32.2. The van der Waals surface area contributed by atoms with Crippen LogP contribution < -0.4 is 0 Å². The fraction of sp³-hybridized carbons (Fsp3) is 0.867. The molecule has 0 amide bonds. The van der Waals surface area contributed by atoms with E-state index in [-0.39, 0.29) is 19.4 Å². The highest BCUT2D eigenvalue weighted by Crippen LogP contribution is 2.24. The maximum atomic E-state index is 12.8. The van der Waals surface area contributed by atoms with Gasteiger partial charge >= 0.3 is 11.9 Å². The zero-order valence-electron chi connectivity index (χ0n) is 36.2. The molecule has 1 aliphatic rings.